The highest BCUT2D eigenvalue weighted by Crippen LogP contribution is 2.30. The number of aromatic nitrogens is 3. The van der Waals surface area contributed by atoms with Gasteiger partial charge in [-0.3, -0.25) is 9.48 Å². The Labute approximate surface area is 188 Å². The second-order valence-corrected chi connectivity index (χ2v) is 7.80. The van der Waals surface area contributed by atoms with Gasteiger partial charge in [0.15, 0.2) is 11.5 Å². The lowest BCUT2D eigenvalue weighted by molar-refractivity contribution is -0.137. The summed E-state index contributed by atoms with van der Waals surface area (Å²) in [6.45, 7) is 5.56. The van der Waals surface area contributed by atoms with Crippen molar-refractivity contribution in [1.29, 1.82) is 0 Å². The first kappa shape index (κ1) is 22.3. The number of rotatable bonds is 5. The number of alkyl halides is 3. The zero-order valence-corrected chi connectivity index (χ0v) is 18.2. The van der Waals surface area contributed by atoms with E-state index >= 15 is 0 Å². The molecule has 0 aliphatic rings. The van der Waals surface area contributed by atoms with Crippen LogP contribution in [0.15, 0.2) is 59.1 Å². The molecule has 0 aliphatic carbocycles. The van der Waals surface area contributed by atoms with Crippen molar-refractivity contribution in [2.75, 3.05) is 5.32 Å². The zero-order valence-electron chi connectivity index (χ0n) is 18.2. The molecule has 0 unspecified atom stereocenters. The highest BCUT2D eigenvalue weighted by Gasteiger charge is 2.30. The van der Waals surface area contributed by atoms with E-state index in [0.717, 1.165) is 23.3 Å². The normalized spacial score (nSPS) is 11.6. The average molecular weight is 454 g/mol. The van der Waals surface area contributed by atoms with Crippen molar-refractivity contribution < 1.29 is 22.5 Å². The van der Waals surface area contributed by atoms with E-state index in [1.54, 1.807) is 30.7 Å². The van der Waals surface area contributed by atoms with Gasteiger partial charge in [-0.15, -0.1) is 0 Å². The quantitative estimate of drug-likeness (QED) is 0.415. The molecule has 2 heterocycles. The van der Waals surface area contributed by atoms with Crippen LogP contribution < -0.4 is 5.32 Å². The van der Waals surface area contributed by atoms with Crippen LogP contribution in [-0.2, 0) is 12.7 Å². The predicted molar refractivity (Wildman–Crippen MR) is 117 cm³/mol. The topological polar surface area (TPSA) is 73.0 Å². The second-order valence-electron chi connectivity index (χ2n) is 7.80. The summed E-state index contributed by atoms with van der Waals surface area (Å²) in [6.07, 6.45) is -4.42. The zero-order chi connectivity index (χ0) is 23.8. The lowest BCUT2D eigenvalue weighted by atomic mass is 10.1. The van der Waals surface area contributed by atoms with Crippen LogP contribution in [0.2, 0.25) is 0 Å². The maximum absolute atomic E-state index is 13.0. The third-order valence-corrected chi connectivity index (χ3v) is 5.29. The highest BCUT2D eigenvalue weighted by molar-refractivity contribution is 6.03. The first-order valence-electron chi connectivity index (χ1n) is 10.2. The Hall–Kier alpha value is -3.88. The Balaban J connectivity index is 1.52. The van der Waals surface area contributed by atoms with E-state index < -0.39 is 17.6 Å². The molecule has 2 aromatic heterocycles. The van der Waals surface area contributed by atoms with Crippen molar-refractivity contribution in [3.05, 3.63) is 88.4 Å². The number of amides is 1. The van der Waals surface area contributed by atoms with Gasteiger partial charge < -0.3 is 9.84 Å². The fourth-order valence-corrected chi connectivity index (χ4v) is 3.46. The molecule has 4 aromatic rings. The minimum absolute atomic E-state index is 0.106. The SMILES string of the molecule is Cc1ccc(-c2cc(C(=O)Nc3c(C)nn(Cc4cccc(C(F)(F)F)c4)c3C)no2)cc1. The van der Waals surface area contributed by atoms with Crippen molar-refractivity contribution in [2.24, 2.45) is 0 Å². The number of aryl methyl sites for hydroxylation is 2. The molecule has 4 rings (SSSR count). The van der Waals surface area contributed by atoms with Gasteiger partial charge in [-0.1, -0.05) is 47.1 Å². The molecule has 2 aromatic carbocycles. The van der Waals surface area contributed by atoms with Gasteiger partial charge in [-0.2, -0.15) is 18.3 Å². The molecule has 0 atom stereocenters. The largest absolute Gasteiger partial charge is 0.416 e. The number of nitrogens with one attached hydrogen (secondary N) is 1. The summed E-state index contributed by atoms with van der Waals surface area (Å²) in [5, 5.41) is 11.0. The summed E-state index contributed by atoms with van der Waals surface area (Å²) < 4.78 is 45.9. The van der Waals surface area contributed by atoms with Crippen molar-refractivity contribution >= 4 is 11.6 Å². The first-order chi connectivity index (χ1) is 15.6. The van der Waals surface area contributed by atoms with Crippen molar-refractivity contribution in [2.45, 2.75) is 33.5 Å². The Morgan fingerprint density at radius 3 is 2.48 bits per heavy atom. The molecular formula is C24H21F3N4O2. The number of anilines is 1. The smallest absolute Gasteiger partial charge is 0.355 e. The monoisotopic (exact) mass is 454 g/mol. The van der Waals surface area contributed by atoms with E-state index in [-0.39, 0.29) is 12.2 Å². The molecule has 0 radical (unpaired) electrons. The Morgan fingerprint density at radius 2 is 1.79 bits per heavy atom. The third kappa shape index (κ3) is 4.82. The number of benzene rings is 2. The first-order valence-corrected chi connectivity index (χ1v) is 10.2. The molecule has 0 fully saturated rings. The van der Waals surface area contributed by atoms with Gasteiger partial charge >= 0.3 is 6.18 Å². The van der Waals surface area contributed by atoms with E-state index in [4.69, 9.17) is 4.52 Å². The number of carbonyl (C=O) groups is 1. The van der Waals surface area contributed by atoms with Crippen molar-refractivity contribution in [3.8, 4) is 11.3 Å². The summed E-state index contributed by atoms with van der Waals surface area (Å²) in [6, 6.07) is 14.3. The standard InChI is InChI=1S/C24H21F3N4O2/c1-14-7-9-18(10-8-14)21-12-20(30-33-21)23(32)28-22-15(2)29-31(16(22)3)13-17-5-4-6-19(11-17)24(25,26)27/h4-12H,13H2,1-3H3,(H,28,32). The van der Waals surface area contributed by atoms with Gasteiger partial charge in [0.25, 0.3) is 5.91 Å². The molecule has 0 bridgehead atoms. The molecule has 0 saturated heterocycles. The van der Waals surface area contributed by atoms with Crippen LogP contribution in [0.25, 0.3) is 11.3 Å². The van der Waals surface area contributed by atoms with E-state index in [2.05, 4.69) is 15.6 Å². The average Bonchev–Trinajstić information content (AvgIpc) is 3.35. The number of hydrogen-bond donors (Lipinski definition) is 1. The van der Waals surface area contributed by atoms with E-state index in [9.17, 15) is 18.0 Å². The number of halogens is 3. The molecule has 170 valence electrons. The third-order valence-electron chi connectivity index (χ3n) is 5.29. The molecule has 0 aliphatic heterocycles. The Kier molecular flexibility index (Phi) is 5.80. The summed E-state index contributed by atoms with van der Waals surface area (Å²) in [4.78, 5) is 12.7. The van der Waals surface area contributed by atoms with Gasteiger partial charge in [0.2, 0.25) is 0 Å². The fourth-order valence-electron chi connectivity index (χ4n) is 3.46. The molecule has 1 amide bonds. The Bertz CT molecular complexity index is 1300. The molecular weight excluding hydrogens is 433 g/mol. The van der Waals surface area contributed by atoms with Gasteiger partial charge in [0.05, 0.1) is 29.2 Å². The van der Waals surface area contributed by atoms with Gasteiger partial charge in [-0.05, 0) is 38.5 Å². The van der Waals surface area contributed by atoms with E-state index in [1.807, 2.05) is 31.2 Å². The minimum atomic E-state index is -4.42. The van der Waals surface area contributed by atoms with Gasteiger partial charge in [-0.25, -0.2) is 0 Å². The highest BCUT2D eigenvalue weighted by atomic mass is 19.4. The summed E-state index contributed by atoms with van der Waals surface area (Å²) in [5.74, 6) is -0.00392. The van der Waals surface area contributed by atoms with Crippen molar-refractivity contribution in [3.63, 3.8) is 0 Å². The van der Waals surface area contributed by atoms with Crippen LogP contribution in [-0.4, -0.2) is 20.8 Å². The minimum Gasteiger partial charge on any atom is -0.355 e. The lowest BCUT2D eigenvalue weighted by Crippen LogP contribution is -2.13. The van der Waals surface area contributed by atoms with Crippen LogP contribution in [0, 0.1) is 20.8 Å². The maximum atomic E-state index is 13.0. The number of nitrogens with zero attached hydrogens (tertiary/aromatic N) is 3. The predicted octanol–water partition coefficient (Wildman–Crippen LogP) is 5.78. The van der Waals surface area contributed by atoms with Crippen LogP contribution in [0.3, 0.4) is 0 Å². The molecule has 6 nitrogen and oxygen atoms in total. The fraction of sp³-hybridized carbons (Fsp3) is 0.208. The second kappa shape index (κ2) is 8.57. The van der Waals surface area contributed by atoms with Crippen LogP contribution >= 0.6 is 0 Å². The molecule has 0 saturated carbocycles. The number of carbonyl (C=O) groups excluding carboxylic acids is 1. The molecule has 1 N–H and O–H groups in total. The van der Waals surface area contributed by atoms with Crippen LogP contribution in [0.4, 0.5) is 18.9 Å². The summed E-state index contributed by atoms with van der Waals surface area (Å²) >= 11 is 0. The van der Waals surface area contributed by atoms with Gasteiger partial charge in [0.1, 0.15) is 0 Å². The van der Waals surface area contributed by atoms with E-state index in [1.165, 1.54) is 6.07 Å². The molecule has 33 heavy (non-hydrogen) atoms. The molecule has 9 heteroatoms. The lowest BCUT2D eigenvalue weighted by Gasteiger charge is -2.10. The Morgan fingerprint density at radius 1 is 1.06 bits per heavy atom. The summed E-state index contributed by atoms with van der Waals surface area (Å²) in [7, 11) is 0. The van der Waals surface area contributed by atoms with E-state index in [0.29, 0.717) is 28.4 Å². The number of hydrogen-bond acceptors (Lipinski definition) is 4. The van der Waals surface area contributed by atoms with Crippen LogP contribution in [0.1, 0.15) is 38.6 Å². The van der Waals surface area contributed by atoms with Gasteiger partial charge in [0, 0.05) is 11.6 Å². The van der Waals surface area contributed by atoms with Crippen molar-refractivity contribution in [1.82, 2.24) is 14.9 Å². The van der Waals surface area contributed by atoms with Crippen LogP contribution in [0.5, 0.6) is 0 Å². The summed E-state index contributed by atoms with van der Waals surface area (Å²) in [5.41, 5.74) is 3.37. The maximum Gasteiger partial charge on any atom is 0.416 e. The molecule has 0 spiro atoms.